The van der Waals surface area contributed by atoms with Crippen molar-refractivity contribution in [1.82, 2.24) is 9.97 Å². The molecular formula is C8H6N4S. The molecule has 64 valence electrons. The lowest BCUT2D eigenvalue weighted by molar-refractivity contribution is 1.31. The van der Waals surface area contributed by atoms with Crippen molar-refractivity contribution in [2.75, 3.05) is 5.73 Å². The molecule has 5 heteroatoms. The molecular weight excluding hydrogens is 184 g/mol. The lowest BCUT2D eigenvalue weighted by Gasteiger charge is -1.85. The second-order valence-electron chi connectivity index (χ2n) is 2.43. The predicted molar refractivity (Wildman–Crippen MR) is 51.0 cm³/mol. The quantitative estimate of drug-likeness (QED) is 0.716. The second kappa shape index (κ2) is 2.92. The topological polar surface area (TPSA) is 78.5 Å². The number of anilines is 1. The third-order valence-corrected chi connectivity index (χ3v) is 2.47. The maximum absolute atomic E-state index is 8.63. The second-order valence-corrected chi connectivity index (χ2v) is 3.38. The molecule has 0 spiro atoms. The highest BCUT2D eigenvalue weighted by Crippen LogP contribution is 2.23. The van der Waals surface area contributed by atoms with Crippen LogP contribution < -0.4 is 5.73 Å². The van der Waals surface area contributed by atoms with Gasteiger partial charge in [0.2, 0.25) is 0 Å². The van der Waals surface area contributed by atoms with Gasteiger partial charge in [-0.25, -0.2) is 4.98 Å². The average molecular weight is 190 g/mol. The highest BCUT2D eigenvalue weighted by atomic mass is 32.1. The van der Waals surface area contributed by atoms with Gasteiger partial charge in [-0.15, -0.1) is 11.3 Å². The first-order valence-corrected chi connectivity index (χ1v) is 4.48. The number of hydrogen-bond donors (Lipinski definition) is 2. The van der Waals surface area contributed by atoms with Crippen molar-refractivity contribution in [3.63, 3.8) is 0 Å². The van der Waals surface area contributed by atoms with Crippen LogP contribution in [0.15, 0.2) is 17.5 Å². The van der Waals surface area contributed by atoms with Crippen molar-refractivity contribution in [2.45, 2.75) is 0 Å². The highest BCUT2D eigenvalue weighted by Gasteiger charge is 2.08. The van der Waals surface area contributed by atoms with E-state index in [0.29, 0.717) is 11.5 Å². The Hall–Kier alpha value is -1.80. The van der Waals surface area contributed by atoms with Crippen molar-refractivity contribution in [3.8, 4) is 16.8 Å². The molecule has 4 nitrogen and oxygen atoms in total. The van der Waals surface area contributed by atoms with Gasteiger partial charge in [-0.3, -0.25) is 0 Å². The van der Waals surface area contributed by atoms with E-state index in [1.54, 1.807) is 11.3 Å². The number of thiophene rings is 1. The van der Waals surface area contributed by atoms with Crippen LogP contribution in [-0.2, 0) is 0 Å². The molecule has 2 rings (SSSR count). The van der Waals surface area contributed by atoms with E-state index >= 15 is 0 Å². The summed E-state index contributed by atoms with van der Waals surface area (Å²) in [5.41, 5.74) is 5.82. The number of H-pyrrole nitrogens is 1. The van der Waals surface area contributed by atoms with Crippen LogP contribution in [0.25, 0.3) is 10.7 Å². The van der Waals surface area contributed by atoms with Crippen molar-refractivity contribution in [1.29, 1.82) is 5.26 Å². The van der Waals surface area contributed by atoms with E-state index in [4.69, 9.17) is 11.0 Å². The number of imidazole rings is 1. The van der Waals surface area contributed by atoms with Crippen LogP contribution >= 0.6 is 11.3 Å². The molecule has 2 aromatic heterocycles. The molecule has 13 heavy (non-hydrogen) atoms. The van der Waals surface area contributed by atoms with E-state index in [2.05, 4.69) is 9.97 Å². The summed E-state index contributed by atoms with van der Waals surface area (Å²) in [6.07, 6.45) is 0. The number of nitrogens with zero attached hydrogens (tertiary/aromatic N) is 2. The Balaban J connectivity index is 2.50. The van der Waals surface area contributed by atoms with E-state index in [1.165, 1.54) is 0 Å². The Kier molecular flexibility index (Phi) is 1.76. The van der Waals surface area contributed by atoms with Crippen LogP contribution in [-0.4, -0.2) is 9.97 Å². The summed E-state index contributed by atoms with van der Waals surface area (Å²) in [5, 5.41) is 10.6. The zero-order valence-electron chi connectivity index (χ0n) is 6.61. The number of nitrogens with one attached hydrogen (secondary N) is 1. The van der Waals surface area contributed by atoms with Gasteiger partial charge in [0.1, 0.15) is 6.07 Å². The summed E-state index contributed by atoms with van der Waals surface area (Å²) in [5.74, 6) is 0.912. The molecule has 0 aromatic carbocycles. The zero-order chi connectivity index (χ0) is 9.26. The van der Waals surface area contributed by atoms with Gasteiger partial charge in [0.05, 0.1) is 4.88 Å². The number of nitrogen functional groups attached to an aromatic ring is 1. The number of nitrogens with two attached hydrogens (primary N) is 1. The first-order valence-electron chi connectivity index (χ1n) is 3.60. The molecule has 0 radical (unpaired) electrons. The molecule has 0 unspecified atom stereocenters. The predicted octanol–water partition coefficient (Wildman–Crippen LogP) is 1.59. The fraction of sp³-hybridized carbons (Fsp3) is 0. The SMILES string of the molecule is N#Cc1[nH]c(-c2cccs2)nc1N. The Morgan fingerprint density at radius 2 is 2.46 bits per heavy atom. The Labute approximate surface area is 78.7 Å². The minimum atomic E-state index is 0.255. The minimum Gasteiger partial charge on any atom is -0.381 e. The van der Waals surface area contributed by atoms with Gasteiger partial charge in [-0.1, -0.05) is 6.07 Å². The van der Waals surface area contributed by atoms with Crippen LogP contribution in [0.4, 0.5) is 5.82 Å². The molecule has 3 N–H and O–H groups in total. The highest BCUT2D eigenvalue weighted by molar-refractivity contribution is 7.13. The number of hydrogen-bond acceptors (Lipinski definition) is 4. The molecule has 0 aliphatic rings. The average Bonchev–Trinajstić information content (AvgIpc) is 2.71. The van der Waals surface area contributed by atoms with E-state index in [-0.39, 0.29) is 5.82 Å². The van der Waals surface area contributed by atoms with Gasteiger partial charge in [0.15, 0.2) is 17.3 Å². The molecule has 2 heterocycles. The summed E-state index contributed by atoms with van der Waals surface area (Å²) < 4.78 is 0. The summed E-state index contributed by atoms with van der Waals surface area (Å²) in [4.78, 5) is 7.86. The molecule has 0 bridgehead atoms. The monoisotopic (exact) mass is 190 g/mol. The summed E-state index contributed by atoms with van der Waals surface area (Å²) in [6.45, 7) is 0. The van der Waals surface area contributed by atoms with Crippen molar-refractivity contribution < 1.29 is 0 Å². The normalized spacial score (nSPS) is 9.77. The van der Waals surface area contributed by atoms with Crippen LogP contribution in [0.5, 0.6) is 0 Å². The zero-order valence-corrected chi connectivity index (χ0v) is 7.43. The molecule has 0 saturated heterocycles. The van der Waals surface area contributed by atoms with Gasteiger partial charge in [0.25, 0.3) is 0 Å². The summed E-state index contributed by atoms with van der Waals surface area (Å²) in [6, 6.07) is 5.78. The fourth-order valence-electron chi connectivity index (χ4n) is 1.00. The number of aromatic nitrogens is 2. The molecule has 0 aliphatic heterocycles. The van der Waals surface area contributed by atoms with Gasteiger partial charge in [0, 0.05) is 0 Å². The van der Waals surface area contributed by atoms with Gasteiger partial charge in [-0.2, -0.15) is 5.26 Å². The molecule has 2 aromatic rings. The lowest BCUT2D eigenvalue weighted by atomic mass is 10.4. The van der Waals surface area contributed by atoms with Crippen LogP contribution in [0, 0.1) is 11.3 Å². The molecule has 0 aliphatic carbocycles. The smallest absolute Gasteiger partial charge is 0.161 e. The first kappa shape index (κ1) is 7.83. The Bertz CT molecular complexity index is 449. The van der Waals surface area contributed by atoms with Crippen molar-refractivity contribution in [2.24, 2.45) is 0 Å². The number of aromatic amines is 1. The van der Waals surface area contributed by atoms with E-state index < -0.39 is 0 Å². The fourth-order valence-corrected chi connectivity index (χ4v) is 1.67. The van der Waals surface area contributed by atoms with Crippen LogP contribution in [0.3, 0.4) is 0 Å². The van der Waals surface area contributed by atoms with Gasteiger partial charge >= 0.3 is 0 Å². The van der Waals surface area contributed by atoms with Crippen LogP contribution in [0.1, 0.15) is 5.69 Å². The standard InChI is InChI=1S/C8H6N4S/c9-4-5-7(10)12-8(11-5)6-2-1-3-13-6/h1-3H,10H2,(H,11,12). The summed E-state index contributed by atoms with van der Waals surface area (Å²) in [7, 11) is 0. The van der Waals surface area contributed by atoms with E-state index in [0.717, 1.165) is 4.88 Å². The number of rotatable bonds is 1. The molecule has 0 atom stereocenters. The van der Waals surface area contributed by atoms with Crippen LogP contribution in [0.2, 0.25) is 0 Å². The largest absolute Gasteiger partial charge is 0.381 e. The van der Waals surface area contributed by atoms with Gasteiger partial charge in [-0.05, 0) is 11.4 Å². The lowest BCUT2D eigenvalue weighted by Crippen LogP contribution is -1.86. The van der Waals surface area contributed by atoms with E-state index in [1.807, 2.05) is 23.6 Å². The maximum atomic E-state index is 8.63. The molecule has 0 saturated carbocycles. The Morgan fingerprint density at radius 3 is 3.00 bits per heavy atom. The van der Waals surface area contributed by atoms with Crippen molar-refractivity contribution >= 4 is 17.2 Å². The third kappa shape index (κ3) is 1.27. The molecule has 0 amide bonds. The Morgan fingerprint density at radius 1 is 1.62 bits per heavy atom. The van der Waals surface area contributed by atoms with E-state index in [9.17, 15) is 0 Å². The first-order chi connectivity index (χ1) is 6.31. The minimum absolute atomic E-state index is 0.255. The van der Waals surface area contributed by atoms with Crippen molar-refractivity contribution in [3.05, 3.63) is 23.2 Å². The third-order valence-electron chi connectivity index (χ3n) is 1.60. The number of nitriles is 1. The molecule has 0 fully saturated rings. The summed E-state index contributed by atoms with van der Waals surface area (Å²) >= 11 is 1.55. The maximum Gasteiger partial charge on any atom is 0.161 e. The van der Waals surface area contributed by atoms with Gasteiger partial charge < -0.3 is 10.7 Å².